The minimum atomic E-state index is -0.956. The van der Waals surface area contributed by atoms with Crippen LogP contribution in [0.25, 0.3) is 0 Å². The zero-order valence-electron chi connectivity index (χ0n) is 8.16. The molecule has 76 valence electrons. The lowest BCUT2D eigenvalue weighted by atomic mass is 10.0. The Bertz CT molecular complexity index is 331. The molecule has 0 saturated carbocycles. The van der Waals surface area contributed by atoms with E-state index >= 15 is 0 Å². The predicted octanol–water partition coefficient (Wildman–Crippen LogP) is 2.43. The maximum atomic E-state index is 10.7. The van der Waals surface area contributed by atoms with E-state index in [-0.39, 0.29) is 11.3 Å². The number of hydrogen-bond acceptors (Lipinski definition) is 2. The summed E-state index contributed by atoms with van der Waals surface area (Å²) >= 11 is 0. The zero-order chi connectivity index (χ0) is 10.6. The second-order valence-corrected chi connectivity index (χ2v) is 3.25. The number of phenols is 1. The second kappa shape index (κ2) is 4.65. The Labute approximate surface area is 83.0 Å². The zero-order valence-corrected chi connectivity index (χ0v) is 8.16. The van der Waals surface area contributed by atoms with Crippen LogP contribution in [0.2, 0.25) is 0 Å². The third-order valence-corrected chi connectivity index (χ3v) is 2.13. The molecule has 3 nitrogen and oxygen atoms in total. The van der Waals surface area contributed by atoms with Gasteiger partial charge in [-0.2, -0.15) is 0 Å². The highest BCUT2D eigenvalue weighted by Crippen LogP contribution is 2.20. The molecule has 0 aromatic heterocycles. The molecule has 0 unspecified atom stereocenters. The van der Waals surface area contributed by atoms with Gasteiger partial charge in [-0.15, -0.1) is 0 Å². The fourth-order valence-corrected chi connectivity index (χ4v) is 1.29. The van der Waals surface area contributed by atoms with E-state index < -0.39 is 5.97 Å². The standard InChI is InChI=1S/C11H14O3/c1-2-3-4-8-7-9(11(13)14)5-6-10(8)12/h5-7,12H,2-4H2,1H3,(H,13,14). The summed E-state index contributed by atoms with van der Waals surface area (Å²) in [6.45, 7) is 2.05. The Hall–Kier alpha value is -1.51. The molecule has 14 heavy (non-hydrogen) atoms. The third kappa shape index (κ3) is 2.49. The minimum absolute atomic E-state index is 0.184. The van der Waals surface area contributed by atoms with Gasteiger partial charge in [0.15, 0.2) is 0 Å². The van der Waals surface area contributed by atoms with Crippen molar-refractivity contribution in [3.05, 3.63) is 29.3 Å². The average molecular weight is 194 g/mol. The molecule has 0 aliphatic carbocycles. The quantitative estimate of drug-likeness (QED) is 0.773. The molecule has 0 aliphatic rings. The molecule has 0 saturated heterocycles. The lowest BCUT2D eigenvalue weighted by Crippen LogP contribution is -1.97. The van der Waals surface area contributed by atoms with Crippen LogP contribution in [-0.4, -0.2) is 16.2 Å². The first kappa shape index (κ1) is 10.6. The lowest BCUT2D eigenvalue weighted by molar-refractivity contribution is 0.0697. The Kier molecular flexibility index (Phi) is 3.51. The van der Waals surface area contributed by atoms with Crippen LogP contribution in [0.15, 0.2) is 18.2 Å². The number of benzene rings is 1. The van der Waals surface area contributed by atoms with Crippen molar-refractivity contribution >= 4 is 5.97 Å². The lowest BCUT2D eigenvalue weighted by Gasteiger charge is -2.04. The first-order valence-corrected chi connectivity index (χ1v) is 4.70. The first-order chi connectivity index (χ1) is 6.65. The smallest absolute Gasteiger partial charge is 0.335 e. The number of aromatic hydroxyl groups is 1. The molecule has 0 fully saturated rings. The Morgan fingerprint density at radius 1 is 1.43 bits per heavy atom. The van der Waals surface area contributed by atoms with Gasteiger partial charge < -0.3 is 10.2 Å². The van der Waals surface area contributed by atoms with Crippen LogP contribution in [0.3, 0.4) is 0 Å². The second-order valence-electron chi connectivity index (χ2n) is 3.25. The fraction of sp³-hybridized carbons (Fsp3) is 0.364. The molecule has 0 radical (unpaired) electrons. The number of hydrogen-bond donors (Lipinski definition) is 2. The summed E-state index contributed by atoms with van der Waals surface area (Å²) < 4.78 is 0. The Balaban J connectivity index is 2.90. The van der Waals surface area contributed by atoms with Crippen LogP contribution in [0.1, 0.15) is 35.7 Å². The van der Waals surface area contributed by atoms with Crippen LogP contribution in [0.5, 0.6) is 5.75 Å². The highest BCUT2D eigenvalue weighted by molar-refractivity contribution is 5.88. The SMILES string of the molecule is CCCCc1cc(C(=O)O)ccc1O. The molecule has 2 N–H and O–H groups in total. The van der Waals surface area contributed by atoms with Crippen molar-refractivity contribution in [1.29, 1.82) is 0 Å². The van der Waals surface area contributed by atoms with Crippen LogP contribution in [-0.2, 0) is 6.42 Å². The van der Waals surface area contributed by atoms with E-state index in [9.17, 15) is 9.90 Å². The van der Waals surface area contributed by atoms with Crippen molar-refractivity contribution < 1.29 is 15.0 Å². The van der Waals surface area contributed by atoms with Crippen molar-refractivity contribution in [3.63, 3.8) is 0 Å². The molecule has 0 bridgehead atoms. The van der Waals surface area contributed by atoms with Crippen LogP contribution < -0.4 is 0 Å². The van der Waals surface area contributed by atoms with E-state index in [0.717, 1.165) is 19.3 Å². The number of phenolic OH excluding ortho intramolecular Hbond substituents is 1. The van der Waals surface area contributed by atoms with Gasteiger partial charge in [0.2, 0.25) is 0 Å². The van der Waals surface area contributed by atoms with E-state index in [4.69, 9.17) is 5.11 Å². The summed E-state index contributed by atoms with van der Waals surface area (Å²) in [5.74, 6) is -0.772. The Morgan fingerprint density at radius 2 is 2.14 bits per heavy atom. The van der Waals surface area contributed by atoms with Crippen molar-refractivity contribution in [2.45, 2.75) is 26.2 Å². The average Bonchev–Trinajstić information content (AvgIpc) is 2.16. The molecule has 1 aromatic carbocycles. The van der Waals surface area contributed by atoms with Gasteiger partial charge in [-0.1, -0.05) is 13.3 Å². The third-order valence-electron chi connectivity index (χ3n) is 2.13. The van der Waals surface area contributed by atoms with E-state index in [1.807, 2.05) is 0 Å². The van der Waals surface area contributed by atoms with Crippen molar-refractivity contribution in [2.24, 2.45) is 0 Å². The van der Waals surface area contributed by atoms with Gasteiger partial charge in [0.05, 0.1) is 5.56 Å². The van der Waals surface area contributed by atoms with Gasteiger partial charge in [0.25, 0.3) is 0 Å². The maximum absolute atomic E-state index is 10.7. The highest BCUT2D eigenvalue weighted by atomic mass is 16.4. The molecule has 0 amide bonds. The van der Waals surface area contributed by atoms with Crippen LogP contribution in [0, 0.1) is 0 Å². The summed E-state index contributed by atoms with van der Waals surface area (Å²) in [6.07, 6.45) is 2.71. The van der Waals surface area contributed by atoms with Gasteiger partial charge in [0, 0.05) is 0 Å². The van der Waals surface area contributed by atoms with Crippen LogP contribution in [0.4, 0.5) is 0 Å². The van der Waals surface area contributed by atoms with E-state index in [1.54, 1.807) is 0 Å². The molecule has 3 heteroatoms. The summed E-state index contributed by atoms with van der Waals surface area (Å²) in [7, 11) is 0. The molecule has 0 heterocycles. The van der Waals surface area contributed by atoms with Gasteiger partial charge in [0.1, 0.15) is 5.75 Å². The topological polar surface area (TPSA) is 57.5 Å². The molecule has 1 aromatic rings. The van der Waals surface area contributed by atoms with E-state index in [0.29, 0.717) is 5.56 Å². The van der Waals surface area contributed by atoms with Crippen LogP contribution >= 0.6 is 0 Å². The normalized spacial score (nSPS) is 10.1. The number of carboxylic acids is 1. The molecular formula is C11H14O3. The predicted molar refractivity (Wildman–Crippen MR) is 53.7 cm³/mol. The van der Waals surface area contributed by atoms with Gasteiger partial charge in [-0.05, 0) is 36.6 Å². The number of rotatable bonds is 4. The van der Waals surface area contributed by atoms with Gasteiger partial charge in [-0.3, -0.25) is 0 Å². The summed E-state index contributed by atoms with van der Waals surface area (Å²) in [5.41, 5.74) is 0.945. The van der Waals surface area contributed by atoms with Gasteiger partial charge in [-0.25, -0.2) is 4.79 Å². The number of carboxylic acid groups (broad SMARTS) is 1. The summed E-state index contributed by atoms with van der Waals surface area (Å²) in [4.78, 5) is 10.7. The van der Waals surface area contributed by atoms with Crippen molar-refractivity contribution in [3.8, 4) is 5.75 Å². The first-order valence-electron chi connectivity index (χ1n) is 4.70. The number of aryl methyl sites for hydroxylation is 1. The highest BCUT2D eigenvalue weighted by Gasteiger charge is 2.06. The molecule has 0 spiro atoms. The molecular weight excluding hydrogens is 180 g/mol. The van der Waals surface area contributed by atoms with E-state index in [2.05, 4.69) is 6.92 Å². The van der Waals surface area contributed by atoms with E-state index in [1.165, 1.54) is 18.2 Å². The monoisotopic (exact) mass is 194 g/mol. The van der Waals surface area contributed by atoms with Crippen molar-refractivity contribution in [1.82, 2.24) is 0 Å². The summed E-state index contributed by atoms with van der Waals surface area (Å²) in [5, 5.41) is 18.2. The largest absolute Gasteiger partial charge is 0.508 e. The van der Waals surface area contributed by atoms with Crippen molar-refractivity contribution in [2.75, 3.05) is 0 Å². The molecule has 0 aliphatic heterocycles. The fourth-order valence-electron chi connectivity index (χ4n) is 1.29. The molecule has 1 rings (SSSR count). The van der Waals surface area contributed by atoms with Gasteiger partial charge >= 0.3 is 5.97 Å². The summed E-state index contributed by atoms with van der Waals surface area (Å²) in [6, 6.07) is 4.38. The Morgan fingerprint density at radius 3 is 2.71 bits per heavy atom. The number of unbranched alkanes of at least 4 members (excludes halogenated alkanes) is 1. The number of carbonyl (C=O) groups is 1. The maximum Gasteiger partial charge on any atom is 0.335 e. The molecule has 0 atom stereocenters. The number of aromatic carboxylic acids is 1. The minimum Gasteiger partial charge on any atom is -0.508 e.